The molecule has 14 heteroatoms. The standard InChI is InChI=1S/C24H19Cl2F4N5O3/c1-23(35-7-6-17(31)34-22(35)38)18(11-2-5-16(27)15(26)9-11)19(23)20(36)33-13-3-4-14(25)12(8-13)10-32-21(37)24(28,29)30/h2-9,18-19H,10H2,1H3,(H,32,37)(H,33,36)(H2,31,34,38). The molecule has 3 unspecified atom stereocenters. The first kappa shape index (κ1) is 27.4. The molecule has 1 saturated carbocycles. The van der Waals surface area contributed by atoms with Crippen molar-refractivity contribution in [1.29, 1.82) is 0 Å². The number of rotatable bonds is 6. The van der Waals surface area contributed by atoms with E-state index in [0.29, 0.717) is 5.56 Å². The van der Waals surface area contributed by atoms with E-state index in [1.807, 2.05) is 0 Å². The summed E-state index contributed by atoms with van der Waals surface area (Å²) in [7, 11) is 0. The van der Waals surface area contributed by atoms with Crippen LogP contribution in [0.15, 0.2) is 53.5 Å². The van der Waals surface area contributed by atoms with Crippen molar-refractivity contribution in [1.82, 2.24) is 14.9 Å². The zero-order chi connectivity index (χ0) is 28.0. The van der Waals surface area contributed by atoms with Crippen molar-refractivity contribution in [2.24, 2.45) is 5.92 Å². The van der Waals surface area contributed by atoms with Crippen LogP contribution in [-0.2, 0) is 21.7 Å². The number of benzene rings is 2. The van der Waals surface area contributed by atoms with Crippen molar-refractivity contribution in [2.45, 2.75) is 31.1 Å². The van der Waals surface area contributed by atoms with E-state index >= 15 is 0 Å². The molecule has 8 nitrogen and oxygen atoms in total. The van der Waals surface area contributed by atoms with Crippen LogP contribution in [0.1, 0.15) is 24.0 Å². The van der Waals surface area contributed by atoms with Gasteiger partial charge in [-0.1, -0.05) is 29.3 Å². The van der Waals surface area contributed by atoms with Crippen LogP contribution in [0, 0.1) is 11.7 Å². The van der Waals surface area contributed by atoms with Crippen molar-refractivity contribution < 1.29 is 27.2 Å². The van der Waals surface area contributed by atoms with Gasteiger partial charge in [0, 0.05) is 29.4 Å². The summed E-state index contributed by atoms with van der Waals surface area (Å²) in [5, 5.41) is 4.30. The smallest absolute Gasteiger partial charge is 0.383 e. The average molecular weight is 572 g/mol. The van der Waals surface area contributed by atoms with Crippen molar-refractivity contribution in [2.75, 3.05) is 11.1 Å². The van der Waals surface area contributed by atoms with Gasteiger partial charge in [-0.05, 0) is 54.4 Å². The number of carbonyl (C=O) groups is 2. The molecule has 0 radical (unpaired) electrons. The first-order valence-electron chi connectivity index (χ1n) is 11.0. The van der Waals surface area contributed by atoms with Gasteiger partial charge in [0.2, 0.25) is 5.91 Å². The molecular weight excluding hydrogens is 553 g/mol. The normalized spacial score (nSPS) is 20.6. The highest BCUT2D eigenvalue weighted by Gasteiger charge is 2.67. The quantitative estimate of drug-likeness (QED) is 0.383. The van der Waals surface area contributed by atoms with Crippen molar-refractivity contribution in [3.05, 3.63) is 86.1 Å². The Morgan fingerprint density at radius 1 is 1.13 bits per heavy atom. The molecule has 38 heavy (non-hydrogen) atoms. The molecule has 0 saturated heterocycles. The van der Waals surface area contributed by atoms with Gasteiger partial charge >= 0.3 is 17.8 Å². The third-order valence-corrected chi connectivity index (χ3v) is 7.08. The van der Waals surface area contributed by atoms with Crippen LogP contribution in [-0.4, -0.2) is 27.5 Å². The number of anilines is 2. The number of alkyl halides is 3. The number of nitrogen functional groups attached to an aromatic ring is 1. The van der Waals surface area contributed by atoms with Crippen LogP contribution in [0.3, 0.4) is 0 Å². The summed E-state index contributed by atoms with van der Waals surface area (Å²) < 4.78 is 52.6. The monoisotopic (exact) mass is 571 g/mol. The second-order valence-corrected chi connectivity index (χ2v) is 9.65. The van der Waals surface area contributed by atoms with Gasteiger partial charge in [0.15, 0.2) is 0 Å². The van der Waals surface area contributed by atoms with Crippen molar-refractivity contribution >= 4 is 46.5 Å². The zero-order valence-electron chi connectivity index (χ0n) is 19.4. The zero-order valence-corrected chi connectivity index (χ0v) is 21.0. The van der Waals surface area contributed by atoms with Crippen LogP contribution in [0.2, 0.25) is 10.0 Å². The molecule has 0 spiro atoms. The molecule has 4 rings (SSSR count). The fourth-order valence-corrected chi connectivity index (χ4v) is 4.89. The predicted octanol–water partition coefficient (Wildman–Crippen LogP) is 4.22. The van der Waals surface area contributed by atoms with E-state index < -0.39 is 53.4 Å². The Morgan fingerprint density at radius 3 is 2.47 bits per heavy atom. The van der Waals surface area contributed by atoms with Gasteiger partial charge in [0.05, 0.1) is 16.5 Å². The molecular formula is C24H19Cl2F4N5O3. The summed E-state index contributed by atoms with van der Waals surface area (Å²) in [4.78, 5) is 41.0. The molecule has 2 aromatic carbocycles. The minimum Gasteiger partial charge on any atom is -0.383 e. The highest BCUT2D eigenvalue weighted by molar-refractivity contribution is 6.31. The number of nitrogens with one attached hydrogen (secondary N) is 2. The molecule has 3 aromatic rings. The molecule has 1 fully saturated rings. The summed E-state index contributed by atoms with van der Waals surface area (Å²) in [6.45, 7) is 1.11. The van der Waals surface area contributed by atoms with E-state index in [-0.39, 0.29) is 27.1 Å². The van der Waals surface area contributed by atoms with E-state index in [9.17, 15) is 31.9 Å². The third-order valence-electron chi connectivity index (χ3n) is 6.42. The van der Waals surface area contributed by atoms with Crippen LogP contribution in [0.5, 0.6) is 0 Å². The molecule has 0 bridgehead atoms. The lowest BCUT2D eigenvalue weighted by molar-refractivity contribution is -0.173. The minimum absolute atomic E-state index is 0.0100. The highest BCUT2D eigenvalue weighted by Crippen LogP contribution is 2.62. The van der Waals surface area contributed by atoms with Gasteiger partial charge in [-0.3, -0.25) is 14.2 Å². The Labute approximate surface area is 222 Å². The second kappa shape index (κ2) is 9.91. The van der Waals surface area contributed by atoms with Crippen LogP contribution in [0.25, 0.3) is 0 Å². The topological polar surface area (TPSA) is 119 Å². The maximum absolute atomic E-state index is 13.8. The van der Waals surface area contributed by atoms with Gasteiger partial charge in [-0.15, -0.1) is 0 Å². The maximum Gasteiger partial charge on any atom is 0.471 e. The average Bonchev–Trinajstić information content (AvgIpc) is 3.46. The van der Waals surface area contributed by atoms with E-state index in [0.717, 1.165) is 6.07 Å². The van der Waals surface area contributed by atoms with Gasteiger partial charge in [-0.25, -0.2) is 9.18 Å². The van der Waals surface area contributed by atoms with Crippen LogP contribution in [0.4, 0.5) is 29.1 Å². The predicted molar refractivity (Wildman–Crippen MR) is 132 cm³/mol. The van der Waals surface area contributed by atoms with Gasteiger partial charge in [0.1, 0.15) is 11.6 Å². The Morgan fingerprint density at radius 2 is 1.84 bits per heavy atom. The van der Waals surface area contributed by atoms with Gasteiger partial charge in [0.25, 0.3) is 0 Å². The molecule has 1 aliphatic carbocycles. The number of hydrogen-bond acceptors (Lipinski definition) is 5. The molecule has 1 heterocycles. The number of amides is 2. The third kappa shape index (κ3) is 5.18. The van der Waals surface area contributed by atoms with Crippen molar-refractivity contribution in [3.8, 4) is 0 Å². The summed E-state index contributed by atoms with van der Waals surface area (Å²) >= 11 is 12.0. The molecule has 4 N–H and O–H groups in total. The Kier molecular flexibility index (Phi) is 7.15. The fraction of sp³-hybridized carbons (Fsp3) is 0.250. The van der Waals surface area contributed by atoms with Crippen LogP contribution >= 0.6 is 23.2 Å². The number of aromatic nitrogens is 2. The lowest BCUT2D eigenvalue weighted by Crippen LogP contribution is -2.36. The Hall–Kier alpha value is -3.64. The summed E-state index contributed by atoms with van der Waals surface area (Å²) in [6, 6.07) is 9.46. The second-order valence-electron chi connectivity index (χ2n) is 8.84. The van der Waals surface area contributed by atoms with Crippen LogP contribution < -0.4 is 22.1 Å². The number of halogens is 6. The lowest BCUT2D eigenvalue weighted by Gasteiger charge is -2.16. The molecule has 0 aliphatic heterocycles. The highest BCUT2D eigenvalue weighted by atomic mass is 35.5. The van der Waals surface area contributed by atoms with E-state index in [2.05, 4.69) is 10.3 Å². The SMILES string of the molecule is CC1(n2ccc(N)nc2=O)C(C(=O)Nc2ccc(Cl)c(CNC(=O)C(F)(F)F)c2)C1c1ccc(F)c(Cl)c1. The number of carbonyl (C=O) groups excluding carboxylic acids is 2. The lowest BCUT2D eigenvalue weighted by atomic mass is 10.1. The molecule has 1 aliphatic rings. The maximum atomic E-state index is 13.8. The first-order chi connectivity index (χ1) is 17.7. The number of nitrogens with two attached hydrogens (primary N) is 1. The number of nitrogens with zero attached hydrogens (tertiary/aromatic N) is 2. The summed E-state index contributed by atoms with van der Waals surface area (Å²) in [5.41, 5.74) is 4.57. The Balaban J connectivity index is 1.63. The summed E-state index contributed by atoms with van der Waals surface area (Å²) in [6.07, 6.45) is -3.66. The molecule has 2 amide bonds. The summed E-state index contributed by atoms with van der Waals surface area (Å²) in [5.74, 6) is -4.84. The fourth-order valence-electron chi connectivity index (χ4n) is 4.52. The van der Waals surface area contributed by atoms with E-state index in [1.54, 1.807) is 12.2 Å². The largest absolute Gasteiger partial charge is 0.471 e. The molecule has 200 valence electrons. The van der Waals surface area contributed by atoms with Crippen molar-refractivity contribution in [3.63, 3.8) is 0 Å². The molecule has 1 aromatic heterocycles. The minimum atomic E-state index is -5.07. The first-order valence-corrected chi connectivity index (χ1v) is 11.7. The van der Waals surface area contributed by atoms with Gasteiger partial charge in [-0.2, -0.15) is 18.2 Å². The van der Waals surface area contributed by atoms with Gasteiger partial charge < -0.3 is 16.4 Å². The number of hydrogen-bond donors (Lipinski definition) is 3. The molecule has 3 atom stereocenters. The Bertz CT molecular complexity index is 1500. The van der Waals surface area contributed by atoms with E-state index in [4.69, 9.17) is 28.9 Å². The van der Waals surface area contributed by atoms with E-state index in [1.165, 1.54) is 47.2 Å².